The SMILES string of the molecule is COC(=O)c1nc([C@@H](N)CCSC)oc1C. The maximum absolute atomic E-state index is 11.3. The normalized spacial score (nSPS) is 12.5. The molecule has 0 aromatic carbocycles. The molecule has 0 aliphatic carbocycles. The van der Waals surface area contributed by atoms with Crippen molar-refractivity contribution in [2.24, 2.45) is 5.73 Å². The highest BCUT2D eigenvalue weighted by atomic mass is 32.2. The second-order valence-corrected chi connectivity index (χ2v) is 4.32. The molecule has 0 unspecified atom stereocenters. The highest BCUT2D eigenvalue weighted by Crippen LogP contribution is 2.19. The Bertz CT molecular complexity index is 365. The van der Waals surface area contributed by atoms with Gasteiger partial charge in [-0.3, -0.25) is 0 Å². The summed E-state index contributed by atoms with van der Waals surface area (Å²) >= 11 is 1.71. The number of methoxy groups -OCH3 is 1. The summed E-state index contributed by atoms with van der Waals surface area (Å²) in [6, 6.07) is -0.274. The smallest absolute Gasteiger partial charge is 0.360 e. The lowest BCUT2D eigenvalue weighted by molar-refractivity contribution is 0.0593. The van der Waals surface area contributed by atoms with E-state index in [0.717, 1.165) is 12.2 Å². The van der Waals surface area contributed by atoms with E-state index in [4.69, 9.17) is 10.2 Å². The molecular weight excluding hydrogens is 228 g/mol. The van der Waals surface area contributed by atoms with Crippen molar-refractivity contribution in [3.05, 3.63) is 17.3 Å². The van der Waals surface area contributed by atoms with Crippen LogP contribution in [0.4, 0.5) is 0 Å². The number of aromatic nitrogens is 1. The number of ether oxygens (including phenoxy) is 1. The highest BCUT2D eigenvalue weighted by Gasteiger charge is 2.20. The van der Waals surface area contributed by atoms with E-state index in [1.807, 2.05) is 6.26 Å². The van der Waals surface area contributed by atoms with Gasteiger partial charge in [-0.2, -0.15) is 11.8 Å². The molecule has 0 amide bonds. The van der Waals surface area contributed by atoms with E-state index in [1.54, 1.807) is 18.7 Å². The molecule has 0 radical (unpaired) electrons. The van der Waals surface area contributed by atoms with E-state index in [-0.39, 0.29) is 11.7 Å². The van der Waals surface area contributed by atoms with Gasteiger partial charge < -0.3 is 14.9 Å². The summed E-state index contributed by atoms with van der Waals surface area (Å²) in [5.74, 6) is 1.27. The summed E-state index contributed by atoms with van der Waals surface area (Å²) in [5, 5.41) is 0. The molecule has 90 valence electrons. The molecule has 0 saturated heterocycles. The second-order valence-electron chi connectivity index (χ2n) is 3.34. The van der Waals surface area contributed by atoms with Crippen LogP contribution in [0.25, 0.3) is 0 Å². The average molecular weight is 244 g/mol. The van der Waals surface area contributed by atoms with E-state index in [2.05, 4.69) is 9.72 Å². The third kappa shape index (κ3) is 2.99. The molecule has 1 aromatic rings. The summed E-state index contributed by atoms with van der Waals surface area (Å²) in [6.07, 6.45) is 2.77. The van der Waals surface area contributed by atoms with Gasteiger partial charge in [-0.1, -0.05) is 0 Å². The summed E-state index contributed by atoms with van der Waals surface area (Å²) < 4.78 is 9.94. The Hall–Kier alpha value is -1.01. The predicted molar refractivity (Wildman–Crippen MR) is 62.5 cm³/mol. The molecule has 0 bridgehead atoms. The molecule has 1 heterocycles. The van der Waals surface area contributed by atoms with Crippen molar-refractivity contribution in [1.82, 2.24) is 4.98 Å². The van der Waals surface area contributed by atoms with E-state index in [0.29, 0.717) is 11.7 Å². The zero-order valence-electron chi connectivity index (χ0n) is 9.65. The van der Waals surface area contributed by atoms with Crippen LogP contribution in [0.3, 0.4) is 0 Å². The van der Waals surface area contributed by atoms with Gasteiger partial charge in [-0.15, -0.1) is 0 Å². The van der Waals surface area contributed by atoms with E-state index < -0.39 is 5.97 Å². The maximum Gasteiger partial charge on any atom is 0.360 e. The number of carbonyl (C=O) groups excluding carboxylic acids is 1. The van der Waals surface area contributed by atoms with Crippen LogP contribution >= 0.6 is 11.8 Å². The minimum Gasteiger partial charge on any atom is -0.464 e. The lowest BCUT2D eigenvalue weighted by Gasteiger charge is -2.04. The van der Waals surface area contributed by atoms with Gasteiger partial charge in [-0.05, 0) is 25.4 Å². The fourth-order valence-electron chi connectivity index (χ4n) is 1.23. The third-order valence-electron chi connectivity index (χ3n) is 2.14. The Morgan fingerprint density at radius 3 is 2.94 bits per heavy atom. The summed E-state index contributed by atoms with van der Waals surface area (Å²) in [6.45, 7) is 1.67. The fourth-order valence-corrected chi connectivity index (χ4v) is 1.72. The van der Waals surface area contributed by atoms with Crippen LogP contribution < -0.4 is 5.73 Å². The molecule has 0 aliphatic rings. The van der Waals surface area contributed by atoms with Gasteiger partial charge in [0.1, 0.15) is 5.76 Å². The molecule has 0 saturated carbocycles. The van der Waals surface area contributed by atoms with Crippen LogP contribution in [0.15, 0.2) is 4.42 Å². The van der Waals surface area contributed by atoms with Crippen molar-refractivity contribution in [1.29, 1.82) is 0 Å². The Morgan fingerprint density at radius 1 is 1.69 bits per heavy atom. The molecule has 0 fully saturated rings. The summed E-state index contributed by atoms with van der Waals surface area (Å²) in [5.41, 5.74) is 6.09. The maximum atomic E-state index is 11.3. The number of hydrogen-bond acceptors (Lipinski definition) is 6. The number of oxazole rings is 1. The van der Waals surface area contributed by atoms with Crippen LogP contribution in [0, 0.1) is 6.92 Å². The largest absolute Gasteiger partial charge is 0.464 e. The lowest BCUT2D eigenvalue weighted by Crippen LogP contribution is -2.12. The van der Waals surface area contributed by atoms with Gasteiger partial charge in [0, 0.05) is 0 Å². The molecule has 1 atom stereocenters. The summed E-state index contributed by atoms with van der Waals surface area (Å²) in [7, 11) is 1.31. The van der Waals surface area contributed by atoms with Gasteiger partial charge in [0.2, 0.25) is 5.89 Å². The second kappa shape index (κ2) is 5.91. The van der Waals surface area contributed by atoms with Gasteiger partial charge in [0.25, 0.3) is 0 Å². The van der Waals surface area contributed by atoms with E-state index >= 15 is 0 Å². The third-order valence-corrected chi connectivity index (χ3v) is 2.79. The van der Waals surface area contributed by atoms with Crippen LogP contribution in [0.1, 0.15) is 34.6 Å². The molecule has 16 heavy (non-hydrogen) atoms. The number of nitrogens with two attached hydrogens (primary N) is 1. The number of hydrogen-bond donors (Lipinski definition) is 1. The minimum atomic E-state index is -0.496. The van der Waals surface area contributed by atoms with Crippen molar-refractivity contribution in [3.8, 4) is 0 Å². The van der Waals surface area contributed by atoms with Crippen LogP contribution in [-0.2, 0) is 4.74 Å². The van der Waals surface area contributed by atoms with E-state index in [9.17, 15) is 4.79 Å². The molecule has 1 aromatic heterocycles. The first-order chi connectivity index (χ1) is 7.60. The zero-order chi connectivity index (χ0) is 12.1. The first kappa shape index (κ1) is 13.1. The number of thioether (sulfide) groups is 1. The first-order valence-electron chi connectivity index (χ1n) is 4.90. The standard InChI is InChI=1S/C10H16N2O3S/c1-6-8(10(13)14-2)12-9(15-6)7(11)4-5-16-3/h7H,4-5,11H2,1-3H3/t7-/m0/s1. The number of rotatable bonds is 5. The van der Waals surface area contributed by atoms with Crippen molar-refractivity contribution >= 4 is 17.7 Å². The number of aryl methyl sites for hydroxylation is 1. The lowest BCUT2D eigenvalue weighted by atomic mass is 10.2. The molecular formula is C10H16N2O3S. The van der Waals surface area contributed by atoms with Crippen molar-refractivity contribution in [2.45, 2.75) is 19.4 Å². The van der Waals surface area contributed by atoms with Crippen molar-refractivity contribution in [3.63, 3.8) is 0 Å². The molecule has 0 spiro atoms. The molecule has 1 rings (SSSR count). The average Bonchev–Trinajstić information content (AvgIpc) is 2.67. The number of nitrogens with zero attached hydrogens (tertiary/aromatic N) is 1. The monoisotopic (exact) mass is 244 g/mol. The van der Waals surface area contributed by atoms with Gasteiger partial charge in [0.05, 0.1) is 13.2 Å². The molecule has 6 heteroatoms. The topological polar surface area (TPSA) is 78.3 Å². The van der Waals surface area contributed by atoms with Gasteiger partial charge in [-0.25, -0.2) is 9.78 Å². The van der Waals surface area contributed by atoms with Crippen LogP contribution in [-0.4, -0.2) is 30.1 Å². The van der Waals surface area contributed by atoms with Crippen molar-refractivity contribution < 1.29 is 13.9 Å². The van der Waals surface area contributed by atoms with E-state index in [1.165, 1.54) is 7.11 Å². The van der Waals surface area contributed by atoms with Gasteiger partial charge >= 0.3 is 5.97 Å². The predicted octanol–water partition coefficient (Wildman–Crippen LogP) is 1.52. The fraction of sp³-hybridized carbons (Fsp3) is 0.600. The Kier molecular flexibility index (Phi) is 4.82. The molecule has 5 nitrogen and oxygen atoms in total. The Balaban J connectivity index is 2.79. The Labute approximate surface area is 98.7 Å². The first-order valence-corrected chi connectivity index (χ1v) is 6.29. The van der Waals surface area contributed by atoms with Crippen LogP contribution in [0.5, 0.6) is 0 Å². The molecule has 2 N–H and O–H groups in total. The summed E-state index contributed by atoms with van der Waals surface area (Å²) in [4.78, 5) is 15.4. The van der Waals surface area contributed by atoms with Crippen molar-refractivity contribution in [2.75, 3.05) is 19.1 Å². The molecule has 0 aliphatic heterocycles. The highest BCUT2D eigenvalue weighted by molar-refractivity contribution is 7.98. The minimum absolute atomic E-state index is 0.206. The number of esters is 1. The number of carbonyl (C=O) groups is 1. The van der Waals surface area contributed by atoms with Crippen LogP contribution in [0.2, 0.25) is 0 Å². The quantitative estimate of drug-likeness (QED) is 0.791. The van der Waals surface area contributed by atoms with Gasteiger partial charge in [0.15, 0.2) is 5.69 Å². The Morgan fingerprint density at radius 2 is 2.38 bits per heavy atom. The zero-order valence-corrected chi connectivity index (χ0v) is 10.5.